The summed E-state index contributed by atoms with van der Waals surface area (Å²) in [5.74, 6) is -0.783. The van der Waals surface area contributed by atoms with Gasteiger partial charge in [0, 0.05) is 44.0 Å². The lowest BCUT2D eigenvalue weighted by atomic mass is 9.88. The van der Waals surface area contributed by atoms with Gasteiger partial charge in [0.15, 0.2) is 0 Å². The van der Waals surface area contributed by atoms with E-state index in [-0.39, 0.29) is 29.7 Å². The predicted octanol–water partition coefficient (Wildman–Crippen LogP) is 0.513. The van der Waals surface area contributed by atoms with E-state index in [1.165, 1.54) is 0 Å². The van der Waals surface area contributed by atoms with Gasteiger partial charge in [-0.1, -0.05) is 18.2 Å². The molecule has 1 aromatic heterocycles. The first-order chi connectivity index (χ1) is 15.6. The minimum Gasteiger partial charge on any atom is -0.322 e. The molecule has 1 unspecified atom stereocenters. The van der Waals surface area contributed by atoms with Gasteiger partial charge in [-0.05, 0) is 49.5 Å². The third kappa shape index (κ3) is 3.71. The lowest BCUT2D eigenvalue weighted by Gasteiger charge is -2.38. The van der Waals surface area contributed by atoms with Gasteiger partial charge in [-0.25, -0.2) is 0 Å². The highest BCUT2D eigenvalue weighted by molar-refractivity contribution is 6.05. The Labute approximate surface area is 186 Å². The normalized spacial score (nSPS) is 22.7. The maximum atomic E-state index is 13.3. The van der Waals surface area contributed by atoms with Crippen molar-refractivity contribution in [2.24, 2.45) is 0 Å². The number of rotatable bonds is 6. The number of fused-ring (bicyclic) bond motifs is 1. The Kier molecular flexibility index (Phi) is 5.52. The SMILES string of the molecule is O=C1CCC(N2Cc3cccc(CNCC4(n5cccn5)CCNCC4)c3C2=O)C(=O)N1. The van der Waals surface area contributed by atoms with Crippen LogP contribution >= 0.6 is 0 Å². The smallest absolute Gasteiger partial charge is 0.255 e. The summed E-state index contributed by atoms with van der Waals surface area (Å²) in [6, 6.07) is 7.24. The molecule has 32 heavy (non-hydrogen) atoms. The van der Waals surface area contributed by atoms with Crippen molar-refractivity contribution in [1.82, 2.24) is 30.6 Å². The zero-order valence-corrected chi connectivity index (χ0v) is 18.0. The van der Waals surface area contributed by atoms with Crippen LogP contribution in [0.4, 0.5) is 0 Å². The van der Waals surface area contributed by atoms with E-state index in [9.17, 15) is 14.4 Å². The fourth-order valence-corrected chi connectivity index (χ4v) is 5.20. The van der Waals surface area contributed by atoms with E-state index >= 15 is 0 Å². The Balaban J connectivity index is 1.30. The molecular weight excluding hydrogens is 408 g/mol. The van der Waals surface area contributed by atoms with Crippen LogP contribution in [0.15, 0.2) is 36.7 Å². The molecule has 3 aliphatic heterocycles. The summed E-state index contributed by atoms with van der Waals surface area (Å²) in [6.07, 6.45) is 6.44. The molecule has 9 heteroatoms. The molecule has 9 nitrogen and oxygen atoms in total. The number of benzene rings is 1. The molecule has 2 aromatic rings. The average molecular weight is 437 g/mol. The van der Waals surface area contributed by atoms with Crippen LogP contribution in [0.3, 0.4) is 0 Å². The van der Waals surface area contributed by atoms with Gasteiger partial charge < -0.3 is 15.5 Å². The minimum atomic E-state index is -0.591. The minimum absolute atomic E-state index is 0.0878. The van der Waals surface area contributed by atoms with Crippen LogP contribution in [-0.2, 0) is 28.2 Å². The molecule has 2 saturated heterocycles. The van der Waals surface area contributed by atoms with Crippen LogP contribution in [0.5, 0.6) is 0 Å². The van der Waals surface area contributed by atoms with Crippen LogP contribution in [-0.4, -0.2) is 58.1 Å². The van der Waals surface area contributed by atoms with Crippen molar-refractivity contribution in [2.75, 3.05) is 19.6 Å². The zero-order valence-electron chi connectivity index (χ0n) is 18.0. The summed E-state index contributed by atoms with van der Waals surface area (Å²) in [6.45, 7) is 3.61. The summed E-state index contributed by atoms with van der Waals surface area (Å²) in [5, 5.41) is 13.9. The summed E-state index contributed by atoms with van der Waals surface area (Å²) in [5.41, 5.74) is 2.47. The molecule has 1 aromatic carbocycles. The highest BCUT2D eigenvalue weighted by Crippen LogP contribution is 2.30. The van der Waals surface area contributed by atoms with E-state index in [1.807, 2.05) is 36.7 Å². The van der Waals surface area contributed by atoms with Crippen molar-refractivity contribution in [2.45, 2.75) is 50.4 Å². The number of piperidine rings is 2. The van der Waals surface area contributed by atoms with Crippen LogP contribution in [0, 0.1) is 0 Å². The second-order valence-corrected chi connectivity index (χ2v) is 8.88. The molecule has 3 amide bonds. The summed E-state index contributed by atoms with van der Waals surface area (Å²) < 4.78 is 2.06. The third-order valence-corrected chi connectivity index (χ3v) is 6.93. The number of carbonyl (C=O) groups is 3. The molecular formula is C23H28N6O3. The number of amides is 3. The second-order valence-electron chi connectivity index (χ2n) is 8.88. The number of imide groups is 1. The topological polar surface area (TPSA) is 108 Å². The van der Waals surface area contributed by atoms with Crippen LogP contribution in [0.2, 0.25) is 0 Å². The Morgan fingerprint density at radius 2 is 2.00 bits per heavy atom. The predicted molar refractivity (Wildman–Crippen MR) is 116 cm³/mol. The molecule has 3 N–H and O–H groups in total. The first kappa shape index (κ1) is 20.8. The van der Waals surface area contributed by atoms with E-state index in [0.29, 0.717) is 25.1 Å². The first-order valence-electron chi connectivity index (χ1n) is 11.2. The maximum absolute atomic E-state index is 13.3. The van der Waals surface area contributed by atoms with Gasteiger partial charge in [0.1, 0.15) is 6.04 Å². The van der Waals surface area contributed by atoms with Crippen molar-refractivity contribution >= 4 is 17.7 Å². The Bertz CT molecular complexity index is 1030. The maximum Gasteiger partial charge on any atom is 0.255 e. The summed E-state index contributed by atoms with van der Waals surface area (Å²) >= 11 is 0. The van der Waals surface area contributed by atoms with Crippen molar-refractivity contribution in [3.63, 3.8) is 0 Å². The zero-order chi connectivity index (χ0) is 22.1. The molecule has 2 fully saturated rings. The molecule has 0 spiro atoms. The molecule has 0 bridgehead atoms. The van der Waals surface area contributed by atoms with E-state index in [1.54, 1.807) is 4.90 Å². The fraction of sp³-hybridized carbons (Fsp3) is 0.478. The lowest BCUT2D eigenvalue weighted by Crippen LogP contribution is -2.52. The monoisotopic (exact) mass is 436 g/mol. The molecule has 5 rings (SSSR count). The van der Waals surface area contributed by atoms with E-state index in [2.05, 4.69) is 25.7 Å². The Morgan fingerprint density at radius 1 is 1.16 bits per heavy atom. The second kappa shape index (κ2) is 8.48. The number of nitrogens with one attached hydrogen (secondary N) is 3. The first-order valence-corrected chi connectivity index (χ1v) is 11.2. The van der Waals surface area contributed by atoms with E-state index in [0.717, 1.165) is 43.6 Å². The van der Waals surface area contributed by atoms with E-state index in [4.69, 9.17) is 0 Å². The third-order valence-electron chi connectivity index (χ3n) is 6.93. The van der Waals surface area contributed by atoms with Crippen molar-refractivity contribution < 1.29 is 14.4 Å². The highest BCUT2D eigenvalue weighted by Gasteiger charge is 2.40. The van der Waals surface area contributed by atoms with Gasteiger partial charge in [-0.2, -0.15) is 5.10 Å². The van der Waals surface area contributed by atoms with Crippen molar-refractivity contribution in [1.29, 1.82) is 0 Å². The number of hydrogen-bond acceptors (Lipinski definition) is 6. The Hall–Kier alpha value is -3.04. The number of aromatic nitrogens is 2. The standard InChI is InChI=1S/C23H28N6O3/c30-19-6-5-18(21(31)27-19)28-14-17-4-1-3-16(20(17)22(28)32)13-25-15-23(7-10-24-11-8-23)29-12-2-9-26-29/h1-4,9,12,18,24-25H,5-8,10-11,13-15H2,(H,27,30,31). The number of nitrogens with zero attached hydrogens (tertiary/aromatic N) is 3. The molecule has 0 saturated carbocycles. The number of hydrogen-bond donors (Lipinski definition) is 3. The van der Waals surface area contributed by atoms with Gasteiger partial charge in [-0.15, -0.1) is 0 Å². The quantitative estimate of drug-likeness (QED) is 0.570. The summed E-state index contributed by atoms with van der Waals surface area (Å²) in [7, 11) is 0. The summed E-state index contributed by atoms with van der Waals surface area (Å²) in [4.78, 5) is 38.7. The Morgan fingerprint density at radius 3 is 2.75 bits per heavy atom. The molecule has 0 aliphatic carbocycles. The van der Waals surface area contributed by atoms with Gasteiger partial charge in [-0.3, -0.25) is 24.4 Å². The van der Waals surface area contributed by atoms with Crippen molar-refractivity contribution in [3.05, 3.63) is 53.3 Å². The molecule has 168 valence electrons. The van der Waals surface area contributed by atoms with E-state index < -0.39 is 6.04 Å². The average Bonchev–Trinajstić information content (AvgIpc) is 3.44. The van der Waals surface area contributed by atoms with Gasteiger partial charge in [0.05, 0.1) is 5.54 Å². The van der Waals surface area contributed by atoms with Gasteiger partial charge in [0.25, 0.3) is 5.91 Å². The van der Waals surface area contributed by atoms with Crippen LogP contribution in [0.25, 0.3) is 0 Å². The fourth-order valence-electron chi connectivity index (χ4n) is 5.20. The van der Waals surface area contributed by atoms with Gasteiger partial charge >= 0.3 is 0 Å². The van der Waals surface area contributed by atoms with Gasteiger partial charge in [0.2, 0.25) is 11.8 Å². The number of carbonyl (C=O) groups excluding carboxylic acids is 3. The van der Waals surface area contributed by atoms with Crippen molar-refractivity contribution in [3.8, 4) is 0 Å². The van der Waals surface area contributed by atoms with Crippen LogP contribution < -0.4 is 16.0 Å². The van der Waals surface area contributed by atoms with Crippen LogP contribution in [0.1, 0.15) is 47.2 Å². The molecule has 3 aliphatic rings. The molecule has 1 atom stereocenters. The molecule has 4 heterocycles. The molecule has 0 radical (unpaired) electrons. The largest absolute Gasteiger partial charge is 0.322 e. The highest BCUT2D eigenvalue weighted by atomic mass is 16.2. The lowest BCUT2D eigenvalue weighted by molar-refractivity contribution is -0.136.